The molecule has 1 rings (SSSR count). The highest BCUT2D eigenvalue weighted by Crippen LogP contribution is 2.31. The first-order chi connectivity index (χ1) is 7.46. The summed E-state index contributed by atoms with van der Waals surface area (Å²) in [6.07, 6.45) is -1.09. The van der Waals surface area contributed by atoms with E-state index in [4.69, 9.17) is 0 Å². The molecule has 1 aromatic rings. The number of nitrogens with zero attached hydrogens (tertiary/aromatic N) is 2. The van der Waals surface area contributed by atoms with Crippen LogP contribution in [0.1, 0.15) is 31.0 Å². The van der Waals surface area contributed by atoms with Crippen molar-refractivity contribution in [2.45, 2.75) is 32.5 Å². The molecule has 0 aliphatic rings. The van der Waals surface area contributed by atoms with E-state index in [0.29, 0.717) is 0 Å². The quantitative estimate of drug-likeness (QED) is 0.835. The van der Waals surface area contributed by atoms with Crippen LogP contribution < -0.4 is 5.32 Å². The predicted octanol–water partition coefficient (Wildman–Crippen LogP) is 2.75. The van der Waals surface area contributed by atoms with Crippen molar-refractivity contribution >= 4 is 12.4 Å². The standard InChI is InChI=1S/C10H16F3N3.ClH/c1-3-4-5-14-6-8-7-15-16(2)9(8)10(11,12)13;/h7,14H,3-6H2,1-2H3;1H. The van der Waals surface area contributed by atoms with E-state index < -0.39 is 11.9 Å². The highest BCUT2D eigenvalue weighted by atomic mass is 35.5. The van der Waals surface area contributed by atoms with E-state index in [1.165, 1.54) is 13.2 Å². The summed E-state index contributed by atoms with van der Waals surface area (Å²) in [6, 6.07) is 0. The van der Waals surface area contributed by atoms with E-state index in [1.54, 1.807) is 0 Å². The van der Waals surface area contributed by atoms with E-state index in [1.807, 2.05) is 6.92 Å². The van der Waals surface area contributed by atoms with Gasteiger partial charge in [-0.1, -0.05) is 13.3 Å². The second kappa shape index (κ2) is 6.86. The van der Waals surface area contributed by atoms with Crippen molar-refractivity contribution in [3.63, 3.8) is 0 Å². The number of aryl methyl sites for hydroxylation is 1. The van der Waals surface area contributed by atoms with E-state index >= 15 is 0 Å². The summed E-state index contributed by atoms with van der Waals surface area (Å²) in [5, 5.41) is 6.61. The van der Waals surface area contributed by atoms with Gasteiger partial charge in [0.2, 0.25) is 0 Å². The molecule has 0 spiro atoms. The fraction of sp³-hybridized carbons (Fsp3) is 0.700. The smallest absolute Gasteiger partial charge is 0.313 e. The molecule has 0 atom stereocenters. The van der Waals surface area contributed by atoms with Crippen molar-refractivity contribution in [3.05, 3.63) is 17.5 Å². The van der Waals surface area contributed by atoms with Crippen LogP contribution in [-0.2, 0) is 19.8 Å². The van der Waals surface area contributed by atoms with Crippen LogP contribution in [0.25, 0.3) is 0 Å². The summed E-state index contributed by atoms with van der Waals surface area (Å²) < 4.78 is 38.8. The fourth-order valence-corrected chi connectivity index (χ4v) is 1.50. The molecule has 0 bridgehead atoms. The van der Waals surface area contributed by atoms with Gasteiger partial charge in [0, 0.05) is 19.2 Å². The number of alkyl halides is 3. The van der Waals surface area contributed by atoms with E-state index in [2.05, 4.69) is 10.4 Å². The van der Waals surface area contributed by atoms with Crippen LogP contribution in [-0.4, -0.2) is 16.3 Å². The van der Waals surface area contributed by atoms with Gasteiger partial charge in [-0.05, 0) is 13.0 Å². The molecule has 0 aliphatic heterocycles. The SMILES string of the molecule is CCCCNCc1cnn(C)c1C(F)(F)F.Cl. The number of halogens is 4. The highest BCUT2D eigenvalue weighted by molar-refractivity contribution is 5.85. The van der Waals surface area contributed by atoms with Crippen molar-refractivity contribution < 1.29 is 13.2 Å². The maximum atomic E-state index is 12.6. The second-order valence-corrected chi connectivity index (χ2v) is 3.67. The lowest BCUT2D eigenvalue weighted by atomic mass is 10.2. The Morgan fingerprint density at radius 1 is 1.41 bits per heavy atom. The Kier molecular flexibility index (Phi) is 6.56. The summed E-state index contributed by atoms with van der Waals surface area (Å²) in [5.41, 5.74) is -0.470. The summed E-state index contributed by atoms with van der Waals surface area (Å²) in [4.78, 5) is 0. The number of hydrogen-bond acceptors (Lipinski definition) is 2. The van der Waals surface area contributed by atoms with Crippen LogP contribution in [0.5, 0.6) is 0 Å². The molecule has 7 heteroatoms. The molecule has 0 radical (unpaired) electrons. The van der Waals surface area contributed by atoms with Gasteiger partial charge < -0.3 is 5.32 Å². The molecule has 17 heavy (non-hydrogen) atoms. The molecule has 1 heterocycles. The average molecular weight is 272 g/mol. The zero-order valence-electron chi connectivity index (χ0n) is 9.84. The molecule has 100 valence electrons. The van der Waals surface area contributed by atoms with E-state index in [0.717, 1.165) is 24.1 Å². The molecule has 0 unspecified atom stereocenters. The minimum absolute atomic E-state index is 0. The van der Waals surface area contributed by atoms with E-state index in [-0.39, 0.29) is 24.5 Å². The van der Waals surface area contributed by atoms with Crippen LogP contribution in [0.15, 0.2) is 6.20 Å². The average Bonchev–Trinajstić information content (AvgIpc) is 2.54. The molecular weight excluding hydrogens is 255 g/mol. The minimum Gasteiger partial charge on any atom is -0.313 e. The molecule has 0 aromatic carbocycles. The lowest BCUT2D eigenvalue weighted by Crippen LogP contribution is -2.19. The lowest BCUT2D eigenvalue weighted by molar-refractivity contribution is -0.144. The monoisotopic (exact) mass is 271 g/mol. The largest absolute Gasteiger partial charge is 0.433 e. The number of nitrogens with one attached hydrogen (secondary N) is 1. The Hall–Kier alpha value is -0.750. The third kappa shape index (κ3) is 4.55. The minimum atomic E-state index is -4.34. The van der Waals surface area contributed by atoms with Crippen molar-refractivity contribution in [1.29, 1.82) is 0 Å². The number of hydrogen-bond donors (Lipinski definition) is 1. The van der Waals surface area contributed by atoms with Crippen LogP contribution in [0, 0.1) is 0 Å². The lowest BCUT2D eigenvalue weighted by Gasteiger charge is -2.10. The molecule has 0 saturated carbocycles. The first-order valence-electron chi connectivity index (χ1n) is 5.25. The van der Waals surface area contributed by atoms with Gasteiger partial charge in [0.05, 0.1) is 6.20 Å². The summed E-state index contributed by atoms with van der Waals surface area (Å²) in [6.45, 7) is 2.97. The van der Waals surface area contributed by atoms with Crippen molar-refractivity contribution in [3.8, 4) is 0 Å². The van der Waals surface area contributed by atoms with Crippen LogP contribution in [0.4, 0.5) is 13.2 Å². The molecular formula is C10H17ClF3N3. The van der Waals surface area contributed by atoms with Gasteiger partial charge in [0.1, 0.15) is 5.69 Å². The zero-order chi connectivity index (χ0) is 12.2. The van der Waals surface area contributed by atoms with Gasteiger partial charge in [0.25, 0.3) is 0 Å². The highest BCUT2D eigenvalue weighted by Gasteiger charge is 2.36. The summed E-state index contributed by atoms with van der Waals surface area (Å²) in [7, 11) is 1.30. The Morgan fingerprint density at radius 3 is 2.59 bits per heavy atom. The molecule has 0 fully saturated rings. The van der Waals surface area contributed by atoms with Gasteiger partial charge in [-0.3, -0.25) is 4.68 Å². The van der Waals surface area contributed by atoms with Crippen molar-refractivity contribution in [2.75, 3.05) is 6.54 Å². The first kappa shape index (κ1) is 16.2. The molecule has 0 amide bonds. The molecule has 3 nitrogen and oxygen atoms in total. The molecule has 1 aromatic heterocycles. The second-order valence-electron chi connectivity index (χ2n) is 3.67. The van der Waals surface area contributed by atoms with E-state index in [9.17, 15) is 13.2 Å². The Labute approximate surface area is 105 Å². The maximum absolute atomic E-state index is 12.6. The fourth-order valence-electron chi connectivity index (χ4n) is 1.50. The third-order valence-corrected chi connectivity index (χ3v) is 2.31. The Bertz CT molecular complexity index is 336. The van der Waals surface area contributed by atoms with Crippen LogP contribution >= 0.6 is 12.4 Å². The number of aromatic nitrogens is 2. The van der Waals surface area contributed by atoms with Gasteiger partial charge in [-0.15, -0.1) is 12.4 Å². The predicted molar refractivity (Wildman–Crippen MR) is 62.1 cm³/mol. The normalized spacial score (nSPS) is 11.4. The molecule has 0 saturated heterocycles. The Balaban J connectivity index is 0.00000256. The van der Waals surface area contributed by atoms with Crippen LogP contribution in [0.3, 0.4) is 0 Å². The molecule has 1 N–H and O–H groups in total. The van der Waals surface area contributed by atoms with Crippen molar-refractivity contribution in [1.82, 2.24) is 15.1 Å². The number of rotatable bonds is 5. The van der Waals surface area contributed by atoms with Gasteiger partial charge >= 0.3 is 6.18 Å². The molecule has 0 aliphatic carbocycles. The van der Waals surface area contributed by atoms with Gasteiger partial charge in [0.15, 0.2) is 0 Å². The van der Waals surface area contributed by atoms with Crippen LogP contribution in [0.2, 0.25) is 0 Å². The number of unbranched alkanes of at least 4 members (excludes halogenated alkanes) is 1. The summed E-state index contributed by atoms with van der Waals surface area (Å²) in [5.74, 6) is 0. The van der Waals surface area contributed by atoms with Gasteiger partial charge in [-0.25, -0.2) is 0 Å². The first-order valence-corrected chi connectivity index (χ1v) is 5.25. The topological polar surface area (TPSA) is 29.9 Å². The maximum Gasteiger partial charge on any atom is 0.433 e. The summed E-state index contributed by atoms with van der Waals surface area (Å²) >= 11 is 0. The van der Waals surface area contributed by atoms with Crippen molar-refractivity contribution in [2.24, 2.45) is 7.05 Å². The Morgan fingerprint density at radius 2 is 2.06 bits per heavy atom. The van der Waals surface area contributed by atoms with Gasteiger partial charge in [-0.2, -0.15) is 18.3 Å². The zero-order valence-corrected chi connectivity index (χ0v) is 10.7. The third-order valence-electron chi connectivity index (χ3n) is 2.31.